The number of nitrogens with zero attached hydrogens (tertiary/aromatic N) is 6. The zero-order valence-corrected chi connectivity index (χ0v) is 38.3. The molecule has 2 atom stereocenters. The third-order valence-corrected chi connectivity index (χ3v) is 12.5. The smallest absolute Gasteiger partial charge is 0.408 e. The fourth-order valence-corrected chi connectivity index (χ4v) is 9.60. The van der Waals surface area contributed by atoms with Gasteiger partial charge in [-0.15, -0.1) is 20.4 Å². The molecule has 0 saturated carbocycles. The number of hydrogen-bond donors (Lipinski definition) is 2. The molecule has 2 aliphatic rings. The van der Waals surface area contributed by atoms with Gasteiger partial charge in [0.15, 0.2) is 0 Å². The topological polar surface area (TPSA) is 143 Å². The first-order valence-electron chi connectivity index (χ1n) is 21.2. The average molecular weight is 881 g/mol. The lowest BCUT2D eigenvalue weighted by molar-refractivity contribution is 0.0498. The monoisotopic (exact) mass is 880 g/mol. The summed E-state index contributed by atoms with van der Waals surface area (Å²) < 4.78 is 16.9. The van der Waals surface area contributed by atoms with Crippen LogP contribution < -0.4 is 20.5 Å². The van der Waals surface area contributed by atoms with E-state index < -0.39 is 11.7 Å². The quantitative estimate of drug-likeness (QED) is 0.136. The molecular weight excluding hydrogens is 829 g/mol. The van der Waals surface area contributed by atoms with Crippen molar-refractivity contribution in [2.45, 2.75) is 117 Å². The van der Waals surface area contributed by atoms with Crippen molar-refractivity contribution in [3.05, 3.63) is 118 Å². The van der Waals surface area contributed by atoms with Crippen LogP contribution in [0.2, 0.25) is 0 Å². The van der Waals surface area contributed by atoms with E-state index in [9.17, 15) is 4.79 Å². The van der Waals surface area contributed by atoms with Crippen molar-refractivity contribution in [1.29, 1.82) is 0 Å². The van der Waals surface area contributed by atoms with Gasteiger partial charge in [0, 0.05) is 28.3 Å². The molecule has 8 rings (SSSR count). The molecule has 6 aromatic rings. The number of amides is 1. The van der Waals surface area contributed by atoms with E-state index in [-0.39, 0.29) is 24.3 Å². The number of benzene rings is 4. The number of carbonyl (C=O) groups excluding carboxylic acids is 1. The Bertz CT molecular complexity index is 2690. The molecule has 1 amide bonds. The van der Waals surface area contributed by atoms with Gasteiger partial charge in [0.1, 0.15) is 37.1 Å². The fourth-order valence-electron chi connectivity index (χ4n) is 7.81. The second-order valence-corrected chi connectivity index (χ2v) is 19.0. The molecule has 63 heavy (non-hydrogen) atoms. The second-order valence-electron chi connectivity index (χ2n) is 17.1. The van der Waals surface area contributed by atoms with Gasteiger partial charge in [-0.1, -0.05) is 71.2 Å². The highest BCUT2D eigenvalue weighted by Crippen LogP contribution is 2.42. The first-order valence-corrected chi connectivity index (χ1v) is 22.9. The average Bonchev–Trinajstić information content (AvgIpc) is 3.95. The number of alkyl carbamates (subject to hydrolysis) is 1. The van der Waals surface area contributed by atoms with E-state index in [1.165, 1.54) is 28.0 Å². The van der Waals surface area contributed by atoms with E-state index >= 15 is 0 Å². The maximum absolute atomic E-state index is 12.4. The van der Waals surface area contributed by atoms with E-state index in [1.807, 2.05) is 84.9 Å². The van der Waals surface area contributed by atoms with E-state index in [0.717, 1.165) is 86.4 Å². The first kappa shape index (κ1) is 44.9. The molecule has 2 aliphatic carbocycles. The standard InChI is InChI=1S/C27H30N4O3S.C22H22N4OS/c1-16(2)33-23-14-13-17(15-22(23)28-6)24-30-31-25(35-24)20-11-7-10-19-18(20)9-8-12-21(19)29-26(32)34-27(3,4)5;1-13(2)27-20-11-10-14(12-19(20)24-3)21-25-26-22(28-21)17-8-4-7-16-15(17)6-5-9-18(16)23/h7,10-11,13-16,21H,8-9,12H2,1-5H3,(H,29,32);4,7-8,10-13,18H,5-6,9,23H2,1-2H3/t21-;18-/m11/s1. The predicted molar refractivity (Wildman–Crippen MR) is 251 cm³/mol. The summed E-state index contributed by atoms with van der Waals surface area (Å²) in [6.07, 6.45) is 5.50. The number of ether oxygens (including phenoxy) is 3. The highest BCUT2D eigenvalue weighted by Gasteiger charge is 2.28. The van der Waals surface area contributed by atoms with Gasteiger partial charge in [0.05, 0.1) is 31.4 Å². The summed E-state index contributed by atoms with van der Waals surface area (Å²) in [7, 11) is 0. The molecule has 3 N–H and O–H groups in total. The number of rotatable bonds is 9. The molecule has 0 bridgehead atoms. The summed E-state index contributed by atoms with van der Waals surface area (Å²) in [5.74, 6) is 1.17. The first-order chi connectivity index (χ1) is 30.2. The van der Waals surface area contributed by atoms with Crippen LogP contribution in [0, 0.1) is 13.1 Å². The lowest BCUT2D eigenvalue weighted by atomic mass is 9.85. The van der Waals surface area contributed by atoms with Crippen LogP contribution in [0.15, 0.2) is 72.8 Å². The summed E-state index contributed by atoms with van der Waals surface area (Å²) in [4.78, 5) is 19.6. The normalized spacial score (nSPS) is 15.6. The van der Waals surface area contributed by atoms with Gasteiger partial charge in [-0.2, -0.15) is 0 Å². The summed E-state index contributed by atoms with van der Waals surface area (Å²) in [6.45, 7) is 28.3. The molecule has 12 nitrogen and oxygen atoms in total. The van der Waals surface area contributed by atoms with E-state index in [1.54, 1.807) is 17.4 Å². The Morgan fingerprint density at radius 3 is 1.68 bits per heavy atom. The SMILES string of the molecule is [C-]#[N+]c1cc(-c2nnc(-c3cccc4c3CCC[C@H]4N)s2)ccc1OC(C)C.[C-]#[N+]c1cc(-c2nnc(-c3cccc4c3CCC[C@H]4NC(=O)OC(C)(C)C)s2)ccc1OC(C)C. The van der Waals surface area contributed by atoms with Crippen LogP contribution in [0.5, 0.6) is 11.5 Å². The fraction of sp³-hybridized carbons (Fsp3) is 0.367. The molecule has 324 valence electrons. The molecule has 0 spiro atoms. The van der Waals surface area contributed by atoms with Crippen LogP contribution in [0.25, 0.3) is 52.0 Å². The maximum Gasteiger partial charge on any atom is 0.408 e. The number of aromatic nitrogens is 4. The number of nitrogens with two attached hydrogens (primary N) is 1. The summed E-state index contributed by atoms with van der Waals surface area (Å²) in [6, 6.07) is 23.5. The zero-order chi connectivity index (χ0) is 44.8. The van der Waals surface area contributed by atoms with Gasteiger partial charge >= 0.3 is 6.09 Å². The van der Waals surface area contributed by atoms with Crippen LogP contribution in [0.4, 0.5) is 16.2 Å². The van der Waals surface area contributed by atoms with Crippen LogP contribution in [-0.2, 0) is 17.6 Å². The molecule has 0 aliphatic heterocycles. The summed E-state index contributed by atoms with van der Waals surface area (Å²) in [5.41, 5.74) is 15.4. The summed E-state index contributed by atoms with van der Waals surface area (Å²) >= 11 is 3.04. The number of fused-ring (bicyclic) bond motifs is 2. The number of hydrogen-bond acceptors (Lipinski definition) is 11. The van der Waals surface area contributed by atoms with Crippen LogP contribution >= 0.6 is 22.7 Å². The predicted octanol–water partition coefficient (Wildman–Crippen LogP) is 12.7. The van der Waals surface area contributed by atoms with Gasteiger partial charge in [-0.25, -0.2) is 14.5 Å². The van der Waals surface area contributed by atoms with Crippen molar-refractivity contribution in [2.24, 2.45) is 5.73 Å². The maximum atomic E-state index is 12.4. The molecule has 0 fully saturated rings. The third kappa shape index (κ3) is 10.7. The number of carbonyl (C=O) groups is 1. The highest BCUT2D eigenvalue weighted by atomic mass is 32.1. The van der Waals surface area contributed by atoms with E-state index in [2.05, 4.69) is 65.7 Å². The van der Waals surface area contributed by atoms with Gasteiger partial charge in [0.2, 0.25) is 11.4 Å². The minimum absolute atomic E-state index is 0.00706. The molecule has 0 saturated heterocycles. The largest absolute Gasteiger partial charge is 0.502 e. The van der Waals surface area contributed by atoms with Crippen molar-refractivity contribution in [3.63, 3.8) is 0 Å². The molecule has 4 aromatic carbocycles. The minimum atomic E-state index is -0.543. The highest BCUT2D eigenvalue weighted by molar-refractivity contribution is 7.18. The van der Waals surface area contributed by atoms with Gasteiger partial charge in [-0.05, 0) is 134 Å². The molecular formula is C49H52N8O4S2. The Labute approximate surface area is 377 Å². The van der Waals surface area contributed by atoms with Crippen molar-refractivity contribution < 1.29 is 19.0 Å². The Morgan fingerprint density at radius 1 is 0.714 bits per heavy atom. The lowest BCUT2D eigenvalue weighted by Gasteiger charge is -2.29. The second kappa shape index (κ2) is 19.5. The molecule has 14 heteroatoms. The number of nitrogens with one attached hydrogen (secondary N) is 1. The van der Waals surface area contributed by atoms with Crippen LogP contribution in [0.1, 0.15) is 108 Å². The molecule has 0 radical (unpaired) electrons. The van der Waals surface area contributed by atoms with Gasteiger partial charge in [-0.3, -0.25) is 0 Å². The van der Waals surface area contributed by atoms with Gasteiger partial charge < -0.3 is 25.3 Å². The van der Waals surface area contributed by atoms with Crippen LogP contribution in [0.3, 0.4) is 0 Å². The Morgan fingerprint density at radius 2 is 1.19 bits per heavy atom. The van der Waals surface area contributed by atoms with Crippen molar-refractivity contribution >= 4 is 40.1 Å². The third-order valence-electron chi connectivity index (χ3n) is 10.4. The van der Waals surface area contributed by atoms with Gasteiger partial charge in [0.25, 0.3) is 0 Å². The molecule has 2 heterocycles. The molecule has 0 unspecified atom stereocenters. The Kier molecular flexibility index (Phi) is 13.9. The van der Waals surface area contributed by atoms with Crippen molar-refractivity contribution in [1.82, 2.24) is 25.7 Å². The van der Waals surface area contributed by atoms with Crippen LogP contribution in [-0.4, -0.2) is 44.3 Å². The lowest BCUT2D eigenvalue weighted by Crippen LogP contribution is -2.36. The summed E-state index contributed by atoms with van der Waals surface area (Å²) in [5, 5.41) is 24.0. The minimum Gasteiger partial charge on any atom is -0.502 e. The van der Waals surface area contributed by atoms with E-state index in [0.29, 0.717) is 22.9 Å². The van der Waals surface area contributed by atoms with E-state index in [4.69, 9.17) is 33.1 Å². The molecule has 2 aromatic heterocycles. The zero-order valence-electron chi connectivity index (χ0n) is 36.7. The van der Waals surface area contributed by atoms with Crippen molar-refractivity contribution in [2.75, 3.05) is 0 Å². The van der Waals surface area contributed by atoms with Crippen molar-refractivity contribution in [3.8, 4) is 53.8 Å². The Hall–Kier alpha value is -6.19. The Balaban J connectivity index is 0.000000193.